The molecule has 2 heterocycles. The molecule has 3 amide bonds. The Kier molecular flexibility index (Phi) is 3.53. The molecule has 0 aliphatic carbocycles. The number of fused-ring (bicyclic) bond motifs is 1. The number of nitrogens with two attached hydrogens (primary N) is 1. The van der Waals surface area contributed by atoms with Gasteiger partial charge in [0, 0.05) is 6.54 Å². The predicted octanol–water partition coefficient (Wildman–Crippen LogP) is 0.259. The van der Waals surface area contributed by atoms with Gasteiger partial charge in [-0.2, -0.15) is 0 Å². The molecule has 1 aromatic carbocycles. The number of piperidine rings is 1. The van der Waals surface area contributed by atoms with E-state index >= 15 is 0 Å². The van der Waals surface area contributed by atoms with Gasteiger partial charge in [0.15, 0.2) is 17.1 Å². The van der Waals surface area contributed by atoms with Crippen molar-refractivity contribution in [1.29, 1.82) is 0 Å². The van der Waals surface area contributed by atoms with Crippen LogP contribution in [0.2, 0.25) is 0 Å². The van der Waals surface area contributed by atoms with E-state index in [0.29, 0.717) is 30.2 Å². The molecule has 118 valence electrons. The van der Waals surface area contributed by atoms with Gasteiger partial charge in [0.2, 0.25) is 6.79 Å². The van der Waals surface area contributed by atoms with E-state index in [0.717, 1.165) is 0 Å². The first-order valence-electron chi connectivity index (χ1n) is 6.96. The number of para-hydroxylation sites is 1. The normalized spacial score (nSPS) is 23.2. The zero-order valence-corrected chi connectivity index (χ0v) is 11.9. The van der Waals surface area contributed by atoms with Crippen LogP contribution < -0.4 is 20.5 Å². The Morgan fingerprint density at radius 2 is 2.18 bits per heavy atom. The van der Waals surface area contributed by atoms with Crippen molar-refractivity contribution < 1.29 is 24.2 Å². The van der Waals surface area contributed by atoms with Gasteiger partial charge < -0.3 is 30.5 Å². The Morgan fingerprint density at radius 1 is 1.36 bits per heavy atom. The Bertz CT molecular complexity index is 620. The van der Waals surface area contributed by atoms with E-state index in [1.807, 2.05) is 0 Å². The Labute approximate surface area is 126 Å². The number of likely N-dealkylation sites (tertiary alicyclic amines) is 1. The van der Waals surface area contributed by atoms with Crippen LogP contribution >= 0.6 is 0 Å². The monoisotopic (exact) mass is 307 g/mol. The van der Waals surface area contributed by atoms with Crippen molar-refractivity contribution in [1.82, 2.24) is 4.90 Å². The summed E-state index contributed by atoms with van der Waals surface area (Å²) in [7, 11) is 0. The lowest BCUT2D eigenvalue weighted by Gasteiger charge is -2.36. The molecule has 2 aliphatic rings. The summed E-state index contributed by atoms with van der Waals surface area (Å²) < 4.78 is 10.6. The van der Waals surface area contributed by atoms with Crippen LogP contribution in [-0.4, -0.2) is 47.4 Å². The molecule has 0 radical (unpaired) electrons. The van der Waals surface area contributed by atoms with Crippen LogP contribution in [0, 0.1) is 0 Å². The van der Waals surface area contributed by atoms with Crippen molar-refractivity contribution in [2.24, 2.45) is 5.73 Å². The zero-order chi connectivity index (χ0) is 15.7. The second kappa shape index (κ2) is 5.38. The van der Waals surface area contributed by atoms with Gasteiger partial charge in [-0.05, 0) is 25.0 Å². The molecule has 8 nitrogen and oxygen atoms in total. The molecule has 1 atom stereocenters. The second-order valence-electron chi connectivity index (χ2n) is 5.39. The highest BCUT2D eigenvalue weighted by Crippen LogP contribution is 2.39. The van der Waals surface area contributed by atoms with Crippen LogP contribution in [0.4, 0.5) is 10.5 Å². The van der Waals surface area contributed by atoms with Gasteiger partial charge in [-0.3, -0.25) is 4.79 Å². The number of anilines is 1. The van der Waals surface area contributed by atoms with Crippen molar-refractivity contribution in [3.8, 4) is 11.5 Å². The van der Waals surface area contributed by atoms with Gasteiger partial charge in [0.1, 0.15) is 0 Å². The van der Waals surface area contributed by atoms with Gasteiger partial charge in [-0.25, -0.2) is 4.79 Å². The fourth-order valence-corrected chi connectivity index (χ4v) is 2.63. The summed E-state index contributed by atoms with van der Waals surface area (Å²) in [5, 5.41) is 12.9. The summed E-state index contributed by atoms with van der Waals surface area (Å²) in [6.07, 6.45) is 0.753. The molecule has 0 spiro atoms. The summed E-state index contributed by atoms with van der Waals surface area (Å²) in [4.78, 5) is 25.0. The summed E-state index contributed by atoms with van der Waals surface area (Å²) in [5.74, 6) is 0.213. The number of hydrogen-bond acceptors (Lipinski definition) is 5. The smallest absolute Gasteiger partial charge is 0.322 e. The Morgan fingerprint density at radius 3 is 2.95 bits per heavy atom. The first-order valence-corrected chi connectivity index (χ1v) is 6.96. The number of amides is 3. The van der Waals surface area contributed by atoms with Gasteiger partial charge in [-0.15, -0.1) is 0 Å². The van der Waals surface area contributed by atoms with E-state index < -0.39 is 17.5 Å². The highest BCUT2D eigenvalue weighted by molar-refractivity contribution is 5.93. The minimum absolute atomic E-state index is 0.105. The molecule has 2 aliphatic heterocycles. The highest BCUT2D eigenvalue weighted by atomic mass is 16.7. The number of rotatable bonds is 2. The molecule has 1 saturated heterocycles. The van der Waals surface area contributed by atoms with Crippen molar-refractivity contribution >= 4 is 17.6 Å². The van der Waals surface area contributed by atoms with Crippen molar-refractivity contribution in [2.75, 3.05) is 25.2 Å². The van der Waals surface area contributed by atoms with Gasteiger partial charge >= 0.3 is 6.03 Å². The summed E-state index contributed by atoms with van der Waals surface area (Å²) in [6, 6.07) is 4.74. The number of β-amino-alcohol motifs (C(OH)–C–C–N with tert-alkyl or cyclic N) is 1. The molecule has 1 aromatic rings. The van der Waals surface area contributed by atoms with Crippen LogP contribution in [-0.2, 0) is 4.79 Å². The molecule has 0 bridgehead atoms. The summed E-state index contributed by atoms with van der Waals surface area (Å²) >= 11 is 0. The number of aliphatic hydroxyl groups is 1. The molecule has 0 saturated carbocycles. The van der Waals surface area contributed by atoms with Crippen LogP contribution in [0.5, 0.6) is 11.5 Å². The number of nitrogens with one attached hydrogen (secondary N) is 1. The maximum absolute atomic E-state index is 12.3. The van der Waals surface area contributed by atoms with Crippen LogP contribution in [0.25, 0.3) is 0 Å². The molecule has 1 unspecified atom stereocenters. The minimum atomic E-state index is -1.67. The summed E-state index contributed by atoms with van der Waals surface area (Å²) in [6.45, 7) is 0.418. The number of carbonyl (C=O) groups excluding carboxylic acids is 2. The van der Waals surface area contributed by atoms with Crippen LogP contribution in [0.15, 0.2) is 18.2 Å². The Hall–Kier alpha value is -2.48. The van der Waals surface area contributed by atoms with Gasteiger partial charge in [0.05, 0.1) is 12.2 Å². The number of primary amides is 1. The Balaban J connectivity index is 1.73. The lowest BCUT2D eigenvalue weighted by molar-refractivity contribution is -0.140. The number of ether oxygens (including phenoxy) is 2. The SMILES string of the molecule is NC(=O)C1(O)CCCN(C(=O)Nc2cccc3c2OCO3)C1. The number of nitrogens with zero attached hydrogens (tertiary/aromatic N) is 1. The third kappa shape index (κ3) is 2.52. The quantitative estimate of drug-likeness (QED) is 0.725. The molecule has 1 fully saturated rings. The lowest BCUT2D eigenvalue weighted by Crippen LogP contribution is -2.57. The van der Waals surface area contributed by atoms with E-state index in [4.69, 9.17) is 15.2 Å². The molecule has 0 aromatic heterocycles. The predicted molar refractivity (Wildman–Crippen MR) is 76.5 cm³/mol. The third-order valence-corrected chi connectivity index (χ3v) is 3.85. The van der Waals surface area contributed by atoms with Crippen molar-refractivity contribution in [3.05, 3.63) is 18.2 Å². The standard InChI is InChI=1S/C14H17N3O5/c15-12(18)14(20)5-2-6-17(7-14)13(19)16-9-3-1-4-10-11(9)22-8-21-10/h1,3-4,20H,2,5-8H2,(H2,15,18)(H,16,19). The van der Waals surface area contributed by atoms with Crippen molar-refractivity contribution in [2.45, 2.75) is 18.4 Å². The van der Waals surface area contributed by atoms with Crippen molar-refractivity contribution in [3.63, 3.8) is 0 Å². The second-order valence-corrected chi connectivity index (χ2v) is 5.39. The number of urea groups is 1. The maximum atomic E-state index is 12.3. The van der Waals surface area contributed by atoms with E-state index in [9.17, 15) is 14.7 Å². The molecule has 8 heteroatoms. The molecular formula is C14H17N3O5. The summed E-state index contributed by atoms with van der Waals surface area (Å²) in [5.41, 5.74) is 4.01. The van der Waals surface area contributed by atoms with Gasteiger partial charge in [0.25, 0.3) is 5.91 Å². The largest absolute Gasteiger partial charge is 0.454 e. The number of hydrogen-bond donors (Lipinski definition) is 3. The highest BCUT2D eigenvalue weighted by Gasteiger charge is 2.40. The van der Waals surface area contributed by atoms with E-state index in [1.165, 1.54) is 4.90 Å². The van der Waals surface area contributed by atoms with Gasteiger partial charge in [-0.1, -0.05) is 6.07 Å². The average Bonchev–Trinajstić information content (AvgIpc) is 2.96. The topological polar surface area (TPSA) is 114 Å². The molecule has 3 rings (SSSR count). The zero-order valence-electron chi connectivity index (χ0n) is 11.9. The van der Waals surface area contributed by atoms with Crippen LogP contribution in [0.1, 0.15) is 12.8 Å². The first-order chi connectivity index (χ1) is 10.5. The van der Waals surface area contributed by atoms with Crippen LogP contribution in [0.3, 0.4) is 0 Å². The molecule has 22 heavy (non-hydrogen) atoms. The van der Waals surface area contributed by atoms with E-state index in [1.54, 1.807) is 18.2 Å². The fourth-order valence-electron chi connectivity index (χ4n) is 2.63. The average molecular weight is 307 g/mol. The maximum Gasteiger partial charge on any atom is 0.322 e. The lowest BCUT2D eigenvalue weighted by atomic mass is 9.92. The fraction of sp³-hybridized carbons (Fsp3) is 0.429. The van der Waals surface area contributed by atoms with E-state index in [2.05, 4.69) is 5.32 Å². The third-order valence-electron chi connectivity index (χ3n) is 3.85. The number of carbonyl (C=O) groups is 2. The molecular weight excluding hydrogens is 290 g/mol. The first kappa shape index (κ1) is 14.5. The van der Waals surface area contributed by atoms with E-state index in [-0.39, 0.29) is 19.8 Å². The minimum Gasteiger partial charge on any atom is -0.454 e. The molecule has 4 N–H and O–H groups in total. The number of benzene rings is 1.